The van der Waals surface area contributed by atoms with Crippen LogP contribution >= 0.6 is 0 Å². The van der Waals surface area contributed by atoms with Crippen molar-refractivity contribution in [3.63, 3.8) is 0 Å². The van der Waals surface area contributed by atoms with E-state index in [1.807, 2.05) is 12.1 Å². The fourth-order valence-electron chi connectivity index (χ4n) is 1.52. The van der Waals surface area contributed by atoms with Gasteiger partial charge < -0.3 is 5.73 Å². The number of hydrogen-bond acceptors (Lipinski definition) is 2. The highest BCUT2D eigenvalue weighted by molar-refractivity contribution is 5.70. The zero-order valence-corrected chi connectivity index (χ0v) is 8.37. The van der Waals surface area contributed by atoms with Crippen LogP contribution in [0.3, 0.4) is 0 Å². The van der Waals surface area contributed by atoms with Crippen LogP contribution in [-0.4, -0.2) is 4.98 Å². The molecule has 0 fully saturated rings. The summed E-state index contributed by atoms with van der Waals surface area (Å²) in [6.45, 7) is 1.73. The molecule has 2 nitrogen and oxygen atoms in total. The quantitative estimate of drug-likeness (QED) is 0.722. The molecule has 2 N–H and O–H groups in total. The minimum atomic E-state index is -0.283. The van der Waals surface area contributed by atoms with Crippen molar-refractivity contribution in [2.45, 2.75) is 6.92 Å². The van der Waals surface area contributed by atoms with Gasteiger partial charge in [-0.2, -0.15) is 0 Å². The van der Waals surface area contributed by atoms with E-state index in [9.17, 15) is 4.39 Å². The number of nitrogens with two attached hydrogens (primary N) is 1. The minimum Gasteiger partial charge on any atom is -0.399 e. The van der Waals surface area contributed by atoms with Gasteiger partial charge in [0.25, 0.3) is 0 Å². The van der Waals surface area contributed by atoms with E-state index >= 15 is 0 Å². The van der Waals surface area contributed by atoms with Crippen LogP contribution in [0.5, 0.6) is 0 Å². The summed E-state index contributed by atoms with van der Waals surface area (Å²) >= 11 is 0. The third-order valence-corrected chi connectivity index (χ3v) is 2.34. The van der Waals surface area contributed by atoms with Crippen molar-refractivity contribution in [1.82, 2.24) is 4.98 Å². The summed E-state index contributed by atoms with van der Waals surface area (Å²) in [5, 5.41) is 0. The molecule has 0 unspecified atom stereocenters. The lowest BCUT2D eigenvalue weighted by atomic mass is 10.0. The van der Waals surface area contributed by atoms with Crippen LogP contribution in [0.25, 0.3) is 11.1 Å². The Bertz CT molecular complexity index is 480. The van der Waals surface area contributed by atoms with Gasteiger partial charge >= 0.3 is 0 Å². The summed E-state index contributed by atoms with van der Waals surface area (Å²) in [5.41, 5.74) is 8.30. The monoisotopic (exact) mass is 202 g/mol. The summed E-state index contributed by atoms with van der Waals surface area (Å²) in [6, 6.07) is 6.79. The molecule has 3 heteroatoms. The molecule has 0 saturated heterocycles. The summed E-state index contributed by atoms with van der Waals surface area (Å²) in [6.07, 6.45) is 3.38. The second kappa shape index (κ2) is 3.69. The Morgan fingerprint density at radius 2 is 2.13 bits per heavy atom. The first kappa shape index (κ1) is 9.65. The van der Waals surface area contributed by atoms with Gasteiger partial charge in [-0.3, -0.25) is 4.98 Å². The van der Waals surface area contributed by atoms with E-state index in [1.54, 1.807) is 25.4 Å². The number of halogens is 1. The predicted octanol–water partition coefficient (Wildman–Crippen LogP) is 2.78. The van der Waals surface area contributed by atoms with Gasteiger partial charge in [0.05, 0.1) is 0 Å². The van der Waals surface area contributed by atoms with Gasteiger partial charge in [0.1, 0.15) is 5.82 Å². The molecule has 0 amide bonds. The Labute approximate surface area is 87.6 Å². The second-order valence-electron chi connectivity index (χ2n) is 3.42. The fourth-order valence-corrected chi connectivity index (χ4v) is 1.52. The smallest absolute Gasteiger partial charge is 0.128 e. The normalized spacial score (nSPS) is 10.3. The minimum absolute atomic E-state index is 0.283. The van der Waals surface area contributed by atoms with Gasteiger partial charge in [0, 0.05) is 23.6 Å². The maximum absolute atomic E-state index is 13.4. The van der Waals surface area contributed by atoms with E-state index in [0.717, 1.165) is 11.1 Å². The summed E-state index contributed by atoms with van der Waals surface area (Å²) in [4.78, 5) is 4.00. The van der Waals surface area contributed by atoms with Crippen LogP contribution in [0.4, 0.5) is 10.1 Å². The highest BCUT2D eigenvalue weighted by Crippen LogP contribution is 2.26. The van der Waals surface area contributed by atoms with Gasteiger partial charge in [0.2, 0.25) is 0 Å². The molecule has 1 heterocycles. The van der Waals surface area contributed by atoms with Crippen molar-refractivity contribution in [3.8, 4) is 11.1 Å². The first-order chi connectivity index (χ1) is 7.18. The van der Waals surface area contributed by atoms with E-state index < -0.39 is 0 Å². The predicted molar refractivity (Wildman–Crippen MR) is 58.8 cm³/mol. The topological polar surface area (TPSA) is 38.9 Å². The Morgan fingerprint density at radius 3 is 2.80 bits per heavy atom. The number of pyridine rings is 1. The van der Waals surface area contributed by atoms with Gasteiger partial charge in [-0.15, -0.1) is 0 Å². The molecule has 76 valence electrons. The first-order valence-corrected chi connectivity index (χ1v) is 4.64. The number of hydrogen-bond donors (Lipinski definition) is 1. The number of rotatable bonds is 1. The molecular weight excluding hydrogens is 191 g/mol. The lowest BCUT2D eigenvalue weighted by Gasteiger charge is -2.07. The van der Waals surface area contributed by atoms with Crippen molar-refractivity contribution < 1.29 is 4.39 Å². The maximum Gasteiger partial charge on any atom is 0.128 e. The summed E-state index contributed by atoms with van der Waals surface area (Å²) in [7, 11) is 0. The van der Waals surface area contributed by atoms with Crippen molar-refractivity contribution >= 4 is 5.69 Å². The van der Waals surface area contributed by atoms with E-state index in [-0.39, 0.29) is 5.82 Å². The highest BCUT2D eigenvalue weighted by Gasteiger charge is 2.07. The fraction of sp³-hybridized carbons (Fsp3) is 0.0833. The zero-order chi connectivity index (χ0) is 10.8. The summed E-state index contributed by atoms with van der Waals surface area (Å²) < 4.78 is 13.4. The molecule has 0 aliphatic carbocycles. The van der Waals surface area contributed by atoms with Crippen LogP contribution in [0.1, 0.15) is 5.56 Å². The third kappa shape index (κ3) is 1.81. The molecule has 2 rings (SSSR count). The van der Waals surface area contributed by atoms with Gasteiger partial charge in [-0.05, 0) is 36.2 Å². The molecule has 1 aromatic heterocycles. The Kier molecular flexibility index (Phi) is 2.37. The summed E-state index contributed by atoms with van der Waals surface area (Å²) in [5.74, 6) is -0.283. The molecule has 2 aromatic rings. The van der Waals surface area contributed by atoms with E-state index in [0.29, 0.717) is 11.3 Å². The molecule has 0 aliphatic heterocycles. The lowest BCUT2D eigenvalue weighted by Crippen LogP contribution is -1.93. The molecule has 15 heavy (non-hydrogen) atoms. The van der Waals surface area contributed by atoms with Crippen molar-refractivity contribution in [1.29, 1.82) is 0 Å². The molecule has 0 saturated carbocycles. The molecule has 0 bridgehead atoms. The van der Waals surface area contributed by atoms with Gasteiger partial charge in [0.15, 0.2) is 0 Å². The van der Waals surface area contributed by atoms with Crippen molar-refractivity contribution in [2.75, 3.05) is 5.73 Å². The molecular formula is C12H11FN2. The number of aromatic nitrogens is 1. The third-order valence-electron chi connectivity index (χ3n) is 2.34. The Hall–Kier alpha value is -1.90. The molecule has 0 atom stereocenters. The average Bonchev–Trinajstić information content (AvgIpc) is 2.24. The number of nitrogens with zero attached hydrogens (tertiary/aromatic N) is 1. The van der Waals surface area contributed by atoms with E-state index in [1.165, 1.54) is 6.07 Å². The van der Waals surface area contributed by atoms with Crippen molar-refractivity contribution in [2.24, 2.45) is 0 Å². The average molecular weight is 202 g/mol. The maximum atomic E-state index is 13.4. The van der Waals surface area contributed by atoms with E-state index in [2.05, 4.69) is 4.98 Å². The Morgan fingerprint density at radius 1 is 1.33 bits per heavy atom. The number of benzene rings is 1. The lowest BCUT2D eigenvalue weighted by molar-refractivity contribution is 0.620. The molecule has 1 aromatic carbocycles. The van der Waals surface area contributed by atoms with Crippen LogP contribution in [0.2, 0.25) is 0 Å². The molecule has 0 spiro atoms. The van der Waals surface area contributed by atoms with Crippen LogP contribution < -0.4 is 5.73 Å². The highest BCUT2D eigenvalue weighted by atomic mass is 19.1. The number of anilines is 1. The van der Waals surface area contributed by atoms with Crippen LogP contribution in [0.15, 0.2) is 36.7 Å². The second-order valence-corrected chi connectivity index (χ2v) is 3.42. The first-order valence-electron chi connectivity index (χ1n) is 4.64. The van der Waals surface area contributed by atoms with E-state index in [4.69, 9.17) is 5.73 Å². The Balaban J connectivity index is 2.63. The van der Waals surface area contributed by atoms with Crippen LogP contribution in [0, 0.1) is 12.7 Å². The molecule has 0 radical (unpaired) electrons. The number of nitrogen functional groups attached to an aromatic ring is 1. The molecule has 0 aliphatic rings. The SMILES string of the molecule is Cc1c(F)cc(N)cc1-c1cccnc1. The van der Waals surface area contributed by atoms with Gasteiger partial charge in [-0.25, -0.2) is 4.39 Å². The van der Waals surface area contributed by atoms with Gasteiger partial charge in [-0.1, -0.05) is 6.07 Å². The largest absolute Gasteiger partial charge is 0.399 e. The zero-order valence-electron chi connectivity index (χ0n) is 8.37. The van der Waals surface area contributed by atoms with Crippen LogP contribution in [-0.2, 0) is 0 Å². The van der Waals surface area contributed by atoms with Crippen molar-refractivity contribution in [3.05, 3.63) is 48.0 Å². The standard InChI is InChI=1S/C12H11FN2/c1-8-11(5-10(14)6-12(8)13)9-3-2-4-15-7-9/h2-7H,14H2,1H3.